The second kappa shape index (κ2) is 5.62. The first kappa shape index (κ1) is 15.1. The molecule has 2 rings (SSSR count). The molecule has 1 aliphatic rings. The summed E-state index contributed by atoms with van der Waals surface area (Å²) in [6, 6.07) is 3.68. The van der Waals surface area contributed by atoms with Crippen molar-refractivity contribution in [2.24, 2.45) is 0 Å². The van der Waals surface area contributed by atoms with E-state index in [0.29, 0.717) is 23.9 Å². The summed E-state index contributed by atoms with van der Waals surface area (Å²) >= 11 is 6.15. The number of rotatable bonds is 4. The molecular formula is C15H20ClNO3. The maximum absolute atomic E-state index is 12.5. The van der Waals surface area contributed by atoms with Crippen molar-refractivity contribution >= 4 is 23.2 Å². The normalized spacial score (nSPS) is 16.9. The van der Waals surface area contributed by atoms with Crippen LogP contribution in [0, 0.1) is 6.92 Å². The Morgan fingerprint density at radius 3 is 2.75 bits per heavy atom. The van der Waals surface area contributed by atoms with Crippen LogP contribution in [0.2, 0.25) is 5.02 Å². The number of hydrogen-bond acceptors (Lipinski definition) is 3. The predicted octanol–water partition coefficient (Wildman–Crippen LogP) is 3.19. The van der Waals surface area contributed by atoms with Crippen molar-refractivity contribution in [3.05, 3.63) is 22.7 Å². The van der Waals surface area contributed by atoms with Gasteiger partial charge in [-0.2, -0.15) is 0 Å². The molecule has 0 radical (unpaired) electrons. The van der Waals surface area contributed by atoms with Gasteiger partial charge >= 0.3 is 0 Å². The molecule has 1 aliphatic heterocycles. The Hall–Kier alpha value is -1.26. The Morgan fingerprint density at radius 2 is 2.10 bits per heavy atom. The van der Waals surface area contributed by atoms with Gasteiger partial charge in [-0.1, -0.05) is 11.6 Å². The Kier molecular flexibility index (Phi) is 4.25. The fraction of sp³-hybridized carbons (Fsp3) is 0.533. The first-order valence-electron chi connectivity index (χ1n) is 6.67. The van der Waals surface area contributed by atoms with Gasteiger partial charge in [-0.3, -0.25) is 4.79 Å². The summed E-state index contributed by atoms with van der Waals surface area (Å²) in [6.07, 6.45) is 0.777. The van der Waals surface area contributed by atoms with Crippen LogP contribution in [0.5, 0.6) is 5.75 Å². The minimum Gasteiger partial charge on any atom is -0.476 e. The molecule has 0 saturated carbocycles. The van der Waals surface area contributed by atoms with Gasteiger partial charge in [0.2, 0.25) is 0 Å². The number of nitrogens with zero attached hydrogens (tertiary/aromatic N) is 1. The predicted molar refractivity (Wildman–Crippen MR) is 79.7 cm³/mol. The highest BCUT2D eigenvalue weighted by atomic mass is 35.5. The van der Waals surface area contributed by atoms with Gasteiger partial charge in [-0.15, -0.1) is 0 Å². The second-order valence-electron chi connectivity index (χ2n) is 5.48. The van der Waals surface area contributed by atoms with E-state index in [-0.39, 0.29) is 5.91 Å². The average Bonchev–Trinajstić information content (AvgIpc) is 2.37. The Balaban J connectivity index is 2.39. The molecule has 1 aromatic rings. The molecule has 5 heteroatoms. The molecule has 0 fully saturated rings. The lowest BCUT2D eigenvalue weighted by Crippen LogP contribution is -2.52. The van der Waals surface area contributed by atoms with Crippen LogP contribution in [-0.4, -0.2) is 31.8 Å². The molecule has 0 saturated heterocycles. The fourth-order valence-electron chi connectivity index (χ4n) is 2.28. The number of carbonyl (C=O) groups is 1. The first-order chi connectivity index (χ1) is 9.36. The molecule has 110 valence electrons. The maximum Gasteiger partial charge on any atom is 0.270 e. The van der Waals surface area contributed by atoms with Crippen LogP contribution in [0.1, 0.15) is 25.8 Å². The van der Waals surface area contributed by atoms with E-state index in [1.807, 2.05) is 13.0 Å². The van der Waals surface area contributed by atoms with Gasteiger partial charge in [0.1, 0.15) is 5.75 Å². The topological polar surface area (TPSA) is 38.8 Å². The number of aryl methyl sites for hydroxylation is 1. The van der Waals surface area contributed by atoms with Gasteiger partial charge in [-0.25, -0.2) is 0 Å². The van der Waals surface area contributed by atoms with Gasteiger partial charge in [0.05, 0.1) is 5.69 Å². The minimum atomic E-state index is -0.876. The molecule has 20 heavy (non-hydrogen) atoms. The van der Waals surface area contributed by atoms with Crippen molar-refractivity contribution in [2.45, 2.75) is 32.8 Å². The molecule has 0 bridgehead atoms. The zero-order chi connectivity index (χ0) is 14.9. The highest BCUT2D eigenvalue weighted by Gasteiger charge is 2.40. The van der Waals surface area contributed by atoms with Crippen molar-refractivity contribution in [3.63, 3.8) is 0 Å². The third-order valence-electron chi connectivity index (χ3n) is 3.39. The number of hydrogen-bond donors (Lipinski definition) is 0. The summed E-state index contributed by atoms with van der Waals surface area (Å²) in [5.74, 6) is 0.616. The number of ether oxygens (including phenoxy) is 2. The van der Waals surface area contributed by atoms with Gasteiger partial charge in [0.15, 0.2) is 5.60 Å². The molecule has 4 nitrogen and oxygen atoms in total. The zero-order valence-corrected chi connectivity index (χ0v) is 13.1. The summed E-state index contributed by atoms with van der Waals surface area (Å²) in [7, 11) is 1.66. The van der Waals surface area contributed by atoms with Crippen LogP contribution >= 0.6 is 11.6 Å². The number of halogens is 1. The van der Waals surface area contributed by atoms with Crippen LogP contribution in [0.25, 0.3) is 0 Å². The fourth-order valence-corrected chi connectivity index (χ4v) is 2.44. The van der Waals surface area contributed by atoms with E-state index in [4.69, 9.17) is 21.1 Å². The summed E-state index contributed by atoms with van der Waals surface area (Å²) < 4.78 is 10.9. The van der Waals surface area contributed by atoms with Crippen LogP contribution in [0.4, 0.5) is 5.69 Å². The van der Waals surface area contributed by atoms with E-state index in [1.54, 1.807) is 31.9 Å². The van der Waals surface area contributed by atoms with Gasteiger partial charge in [0, 0.05) is 31.4 Å². The molecule has 0 aliphatic carbocycles. The van der Waals surface area contributed by atoms with E-state index < -0.39 is 5.60 Å². The van der Waals surface area contributed by atoms with E-state index in [0.717, 1.165) is 17.7 Å². The van der Waals surface area contributed by atoms with Gasteiger partial charge in [-0.05, 0) is 38.8 Å². The smallest absolute Gasteiger partial charge is 0.270 e. The number of benzene rings is 1. The quantitative estimate of drug-likeness (QED) is 0.801. The molecular weight excluding hydrogens is 278 g/mol. The van der Waals surface area contributed by atoms with E-state index in [9.17, 15) is 4.79 Å². The number of anilines is 1. The number of carbonyl (C=O) groups excluding carboxylic acids is 1. The van der Waals surface area contributed by atoms with Crippen molar-refractivity contribution in [2.75, 3.05) is 25.2 Å². The highest BCUT2D eigenvalue weighted by molar-refractivity contribution is 6.31. The summed E-state index contributed by atoms with van der Waals surface area (Å²) in [4.78, 5) is 14.3. The van der Waals surface area contributed by atoms with Crippen LogP contribution in [0.3, 0.4) is 0 Å². The van der Waals surface area contributed by atoms with Crippen molar-refractivity contribution in [1.29, 1.82) is 0 Å². The third-order valence-corrected chi connectivity index (χ3v) is 3.79. The molecule has 1 heterocycles. The molecule has 1 amide bonds. The van der Waals surface area contributed by atoms with Crippen molar-refractivity contribution in [1.82, 2.24) is 0 Å². The van der Waals surface area contributed by atoms with E-state index in [1.165, 1.54) is 0 Å². The first-order valence-corrected chi connectivity index (χ1v) is 7.04. The second-order valence-corrected chi connectivity index (χ2v) is 5.89. The average molecular weight is 298 g/mol. The van der Waals surface area contributed by atoms with Crippen LogP contribution < -0.4 is 9.64 Å². The third kappa shape index (κ3) is 2.76. The lowest BCUT2D eigenvalue weighted by atomic mass is 10.0. The standard InChI is InChI=1S/C15H20ClNO3/c1-10-8-12-13(9-11(10)16)20-15(2,3)14(18)17(12)6-5-7-19-4/h8-9H,5-7H2,1-4H3. The lowest BCUT2D eigenvalue weighted by molar-refractivity contribution is -0.132. The SMILES string of the molecule is COCCCN1C(=O)C(C)(C)Oc2cc(Cl)c(C)cc21. The molecule has 0 atom stereocenters. The van der Waals surface area contributed by atoms with E-state index >= 15 is 0 Å². The minimum absolute atomic E-state index is 0.0391. The zero-order valence-electron chi connectivity index (χ0n) is 12.3. The Bertz CT molecular complexity index is 528. The summed E-state index contributed by atoms with van der Waals surface area (Å²) in [5.41, 5.74) is 0.837. The highest BCUT2D eigenvalue weighted by Crippen LogP contribution is 2.40. The van der Waals surface area contributed by atoms with Gasteiger partial charge < -0.3 is 14.4 Å². The van der Waals surface area contributed by atoms with Crippen LogP contribution in [-0.2, 0) is 9.53 Å². The molecule has 0 N–H and O–H groups in total. The molecule has 0 spiro atoms. The summed E-state index contributed by atoms with van der Waals surface area (Å²) in [5, 5.41) is 0.644. The molecule has 0 aromatic heterocycles. The van der Waals surface area contributed by atoms with E-state index in [2.05, 4.69) is 0 Å². The monoisotopic (exact) mass is 297 g/mol. The molecule has 1 aromatic carbocycles. The van der Waals surface area contributed by atoms with Crippen molar-refractivity contribution in [3.8, 4) is 5.75 Å². The Morgan fingerprint density at radius 1 is 1.40 bits per heavy atom. The number of fused-ring (bicyclic) bond motifs is 1. The summed E-state index contributed by atoms with van der Waals surface area (Å²) in [6.45, 7) is 6.69. The Labute approximate surface area is 124 Å². The van der Waals surface area contributed by atoms with Crippen molar-refractivity contribution < 1.29 is 14.3 Å². The maximum atomic E-state index is 12.5. The van der Waals surface area contributed by atoms with Gasteiger partial charge in [0.25, 0.3) is 5.91 Å². The largest absolute Gasteiger partial charge is 0.476 e. The lowest BCUT2D eigenvalue weighted by Gasteiger charge is -2.39. The number of amides is 1. The number of methoxy groups -OCH3 is 1. The van der Waals surface area contributed by atoms with Crippen LogP contribution in [0.15, 0.2) is 12.1 Å². The molecule has 0 unspecified atom stereocenters.